The lowest BCUT2D eigenvalue weighted by Gasteiger charge is -2.32. The summed E-state index contributed by atoms with van der Waals surface area (Å²) >= 11 is 0. The van der Waals surface area contributed by atoms with Crippen LogP contribution >= 0.6 is 0 Å². The van der Waals surface area contributed by atoms with Crippen LogP contribution < -0.4 is 5.32 Å². The van der Waals surface area contributed by atoms with Crippen molar-refractivity contribution >= 4 is 11.8 Å². The number of allylic oxidation sites excluding steroid dienone is 1. The molecule has 0 saturated carbocycles. The number of amides is 2. The van der Waals surface area contributed by atoms with Crippen LogP contribution in [0.3, 0.4) is 0 Å². The maximum absolute atomic E-state index is 13.7. The highest BCUT2D eigenvalue weighted by atomic mass is 19.1. The van der Waals surface area contributed by atoms with Crippen molar-refractivity contribution in [2.45, 2.75) is 57.5 Å². The van der Waals surface area contributed by atoms with Crippen LogP contribution in [0.25, 0.3) is 0 Å². The normalized spacial score (nSPS) is 13.9. The molecule has 1 aliphatic carbocycles. The molecule has 1 N–H and O–H groups in total. The lowest BCUT2D eigenvalue weighted by molar-refractivity contribution is -0.140. The zero-order valence-electron chi connectivity index (χ0n) is 21.2. The summed E-state index contributed by atoms with van der Waals surface area (Å²) in [6.45, 7) is 0.773. The van der Waals surface area contributed by atoms with E-state index in [0.717, 1.165) is 36.0 Å². The average Bonchev–Trinajstić information content (AvgIpc) is 2.93. The minimum Gasteiger partial charge on any atom is -0.354 e. The first-order valence-corrected chi connectivity index (χ1v) is 13.2. The van der Waals surface area contributed by atoms with Crippen molar-refractivity contribution in [1.29, 1.82) is 0 Å². The molecule has 1 atom stereocenters. The van der Waals surface area contributed by atoms with Crippen molar-refractivity contribution in [2.24, 2.45) is 0 Å². The lowest BCUT2D eigenvalue weighted by Crippen LogP contribution is -2.51. The maximum atomic E-state index is 13.7. The fraction of sp³-hybridized carbons (Fsp3) is 0.312. The molecular weight excluding hydrogens is 463 g/mol. The smallest absolute Gasteiger partial charge is 0.243 e. The summed E-state index contributed by atoms with van der Waals surface area (Å²) in [6, 6.07) is 24.8. The summed E-state index contributed by atoms with van der Waals surface area (Å²) in [5.74, 6) is -0.633. The van der Waals surface area contributed by atoms with Gasteiger partial charge in [-0.1, -0.05) is 84.4 Å². The van der Waals surface area contributed by atoms with Crippen molar-refractivity contribution < 1.29 is 14.0 Å². The third-order valence-electron chi connectivity index (χ3n) is 6.87. The zero-order chi connectivity index (χ0) is 25.9. The molecule has 2 amide bonds. The summed E-state index contributed by atoms with van der Waals surface area (Å²) in [5.41, 5.74) is 4.05. The van der Waals surface area contributed by atoms with Gasteiger partial charge in [0.25, 0.3) is 0 Å². The average molecular weight is 499 g/mol. The Labute approximate surface area is 219 Å². The van der Waals surface area contributed by atoms with Gasteiger partial charge in [0, 0.05) is 19.5 Å². The fourth-order valence-electron chi connectivity index (χ4n) is 4.81. The van der Waals surface area contributed by atoms with Crippen LogP contribution in [0.2, 0.25) is 0 Å². The van der Waals surface area contributed by atoms with Crippen LogP contribution in [0.15, 0.2) is 96.6 Å². The quantitative estimate of drug-likeness (QED) is 0.329. The molecule has 37 heavy (non-hydrogen) atoms. The molecule has 0 radical (unpaired) electrons. The number of carbonyl (C=O) groups is 2. The highest BCUT2D eigenvalue weighted by Crippen LogP contribution is 2.20. The highest BCUT2D eigenvalue weighted by Gasteiger charge is 2.30. The molecule has 5 heteroatoms. The number of halogens is 1. The first-order valence-electron chi connectivity index (χ1n) is 13.2. The van der Waals surface area contributed by atoms with Crippen molar-refractivity contribution in [2.75, 3.05) is 6.54 Å². The van der Waals surface area contributed by atoms with Crippen molar-refractivity contribution in [3.63, 3.8) is 0 Å². The fourth-order valence-corrected chi connectivity index (χ4v) is 4.81. The number of benzene rings is 3. The van der Waals surface area contributed by atoms with Crippen LogP contribution in [0.5, 0.6) is 0 Å². The van der Waals surface area contributed by atoms with E-state index in [1.165, 1.54) is 30.5 Å². The Balaban J connectivity index is 1.57. The van der Waals surface area contributed by atoms with Crippen LogP contribution in [0, 0.1) is 5.82 Å². The molecular formula is C32H35FN2O2. The van der Waals surface area contributed by atoms with Crippen molar-refractivity contribution in [3.8, 4) is 0 Å². The first kappa shape index (κ1) is 26.3. The molecule has 0 heterocycles. The Kier molecular flexibility index (Phi) is 9.64. The summed E-state index contributed by atoms with van der Waals surface area (Å²) < 4.78 is 13.6. The van der Waals surface area contributed by atoms with Gasteiger partial charge in [0.2, 0.25) is 11.8 Å². The molecule has 0 bridgehead atoms. The second kappa shape index (κ2) is 13.5. The topological polar surface area (TPSA) is 49.4 Å². The van der Waals surface area contributed by atoms with E-state index in [1.807, 2.05) is 60.7 Å². The lowest BCUT2D eigenvalue weighted by atomic mass is 9.97. The molecule has 0 aliphatic heterocycles. The molecule has 0 unspecified atom stereocenters. The van der Waals surface area contributed by atoms with Gasteiger partial charge in [-0.3, -0.25) is 9.59 Å². The van der Waals surface area contributed by atoms with E-state index in [4.69, 9.17) is 0 Å². The third kappa shape index (κ3) is 8.14. The number of hydrogen-bond acceptors (Lipinski definition) is 2. The van der Waals surface area contributed by atoms with Gasteiger partial charge in [0.15, 0.2) is 0 Å². The number of hydrogen-bond donors (Lipinski definition) is 1. The second-order valence-electron chi connectivity index (χ2n) is 9.67. The van der Waals surface area contributed by atoms with Crippen LogP contribution in [-0.2, 0) is 29.0 Å². The second-order valence-corrected chi connectivity index (χ2v) is 9.67. The summed E-state index contributed by atoms with van der Waals surface area (Å²) in [6.07, 6.45) is 8.35. The number of nitrogens with zero attached hydrogens (tertiary/aromatic N) is 1. The van der Waals surface area contributed by atoms with E-state index in [-0.39, 0.29) is 30.6 Å². The largest absolute Gasteiger partial charge is 0.354 e. The number of rotatable bonds is 11. The molecule has 0 fully saturated rings. The Morgan fingerprint density at radius 1 is 0.838 bits per heavy atom. The van der Waals surface area contributed by atoms with Gasteiger partial charge in [0.05, 0.1) is 6.42 Å². The molecule has 0 saturated heterocycles. The number of carbonyl (C=O) groups excluding carboxylic acids is 2. The predicted molar refractivity (Wildman–Crippen MR) is 145 cm³/mol. The summed E-state index contributed by atoms with van der Waals surface area (Å²) in [5, 5.41) is 3.11. The Morgan fingerprint density at radius 3 is 2.16 bits per heavy atom. The molecule has 3 aromatic carbocycles. The van der Waals surface area contributed by atoms with Crippen LogP contribution in [-0.4, -0.2) is 29.3 Å². The monoisotopic (exact) mass is 498 g/mol. The molecule has 4 nitrogen and oxygen atoms in total. The standard InChI is InChI=1S/C32H35FN2O2/c33-29-18-16-28(17-19-29)24-35(31(36)23-27-14-8-3-9-15-27)30(22-26-12-6-2-7-13-26)32(37)34-21-20-25-10-4-1-5-11-25/h2-3,6-10,12-19,30H,1,4-5,11,20-24H2,(H,34,37)/t30-/m0/s1. The van der Waals surface area contributed by atoms with Crippen LogP contribution in [0.1, 0.15) is 48.8 Å². The Morgan fingerprint density at radius 2 is 1.51 bits per heavy atom. The van der Waals surface area contributed by atoms with E-state index < -0.39 is 6.04 Å². The van der Waals surface area contributed by atoms with E-state index in [2.05, 4.69) is 11.4 Å². The van der Waals surface area contributed by atoms with Gasteiger partial charge in [0.1, 0.15) is 11.9 Å². The molecule has 192 valence electrons. The minimum atomic E-state index is -0.691. The van der Waals surface area contributed by atoms with Crippen molar-refractivity contribution in [3.05, 3.63) is 119 Å². The number of nitrogens with one attached hydrogen (secondary N) is 1. The highest BCUT2D eigenvalue weighted by molar-refractivity contribution is 5.88. The molecule has 1 aliphatic rings. The van der Waals surface area contributed by atoms with Gasteiger partial charge in [-0.25, -0.2) is 4.39 Å². The van der Waals surface area contributed by atoms with Gasteiger partial charge in [-0.15, -0.1) is 0 Å². The Hall–Kier alpha value is -3.73. The minimum absolute atomic E-state index is 0.137. The van der Waals surface area contributed by atoms with E-state index in [9.17, 15) is 14.0 Å². The maximum Gasteiger partial charge on any atom is 0.243 e. The molecule has 3 aromatic rings. The third-order valence-corrected chi connectivity index (χ3v) is 6.87. The van der Waals surface area contributed by atoms with Gasteiger partial charge in [-0.05, 0) is 60.9 Å². The molecule has 4 rings (SSSR count). The molecule has 0 spiro atoms. The Bertz CT molecular complexity index is 1180. The van der Waals surface area contributed by atoms with Gasteiger partial charge < -0.3 is 10.2 Å². The van der Waals surface area contributed by atoms with Crippen LogP contribution in [0.4, 0.5) is 4.39 Å². The predicted octanol–water partition coefficient (Wildman–Crippen LogP) is 6.02. The molecule has 0 aromatic heterocycles. The zero-order valence-corrected chi connectivity index (χ0v) is 21.2. The van der Waals surface area contributed by atoms with Crippen molar-refractivity contribution in [1.82, 2.24) is 10.2 Å². The van der Waals surface area contributed by atoms with E-state index >= 15 is 0 Å². The van der Waals surface area contributed by atoms with Gasteiger partial charge in [-0.2, -0.15) is 0 Å². The first-order chi connectivity index (χ1) is 18.1. The summed E-state index contributed by atoms with van der Waals surface area (Å²) in [4.78, 5) is 29.0. The SMILES string of the molecule is O=C(NCCC1=CCCCC1)[C@H](Cc1ccccc1)N(Cc1ccc(F)cc1)C(=O)Cc1ccccc1. The summed E-state index contributed by atoms with van der Waals surface area (Å²) in [7, 11) is 0. The van der Waals surface area contributed by atoms with E-state index in [0.29, 0.717) is 13.0 Å². The van der Waals surface area contributed by atoms with E-state index in [1.54, 1.807) is 17.0 Å². The van der Waals surface area contributed by atoms with Gasteiger partial charge >= 0.3 is 0 Å².